The quantitative estimate of drug-likeness (QED) is 0.0995. The maximum atomic E-state index is 12.9. The van der Waals surface area contributed by atoms with Gasteiger partial charge in [0.1, 0.15) is 18.1 Å². The lowest BCUT2D eigenvalue weighted by molar-refractivity contribution is -0.142. The Kier molecular flexibility index (Phi) is 10.9. The van der Waals surface area contributed by atoms with Gasteiger partial charge in [0, 0.05) is 13.0 Å². The van der Waals surface area contributed by atoms with Crippen LogP contribution in [0.3, 0.4) is 0 Å². The number of guanidine groups is 1. The van der Waals surface area contributed by atoms with E-state index in [1.54, 1.807) is 24.3 Å². The van der Waals surface area contributed by atoms with E-state index in [0.717, 1.165) is 18.5 Å². The van der Waals surface area contributed by atoms with Gasteiger partial charge in [-0.1, -0.05) is 30.3 Å². The Morgan fingerprint density at radius 2 is 1.80 bits per heavy atom. The molecule has 3 amide bonds. The van der Waals surface area contributed by atoms with Gasteiger partial charge in [-0.25, -0.2) is 4.79 Å². The molecule has 0 spiro atoms. The number of carbonyl (C=O) groups excluding carboxylic acids is 3. The minimum atomic E-state index is -1.19. The fourth-order valence-electron chi connectivity index (χ4n) is 3.68. The van der Waals surface area contributed by atoms with Crippen LogP contribution in [0.5, 0.6) is 0 Å². The monoisotopic (exact) mass is 489 g/mol. The summed E-state index contributed by atoms with van der Waals surface area (Å²) in [6.07, 6.45) is 2.31. The third kappa shape index (κ3) is 9.61. The Hall–Kier alpha value is -3.67. The first kappa shape index (κ1) is 27.6. The summed E-state index contributed by atoms with van der Waals surface area (Å²) in [6, 6.07) is 5.43. The number of benzene rings is 1. The zero-order valence-electron chi connectivity index (χ0n) is 19.8. The standard InChI is InChI=1S/C23H35N7O5/c1-14(19(31)30-18(22(34)35)13-15-7-3-2-4-8-15)28-21(33)17(10-6-12-27-23(24)25)29-20(32)16-9-5-11-26-16/h2-4,7-8,14,16-18,26H,5-6,9-13H2,1H3,(H,28,33)(H,29,32)(H,30,31)(H,34,35)(H4,24,25,27). The van der Waals surface area contributed by atoms with Gasteiger partial charge in [-0.15, -0.1) is 0 Å². The summed E-state index contributed by atoms with van der Waals surface area (Å²) < 4.78 is 0. The third-order valence-corrected chi connectivity index (χ3v) is 5.60. The highest BCUT2D eigenvalue weighted by molar-refractivity contribution is 5.94. The van der Waals surface area contributed by atoms with Crippen molar-refractivity contribution in [2.75, 3.05) is 13.1 Å². The predicted molar refractivity (Wildman–Crippen MR) is 130 cm³/mol. The summed E-state index contributed by atoms with van der Waals surface area (Å²) in [5.41, 5.74) is 11.4. The van der Waals surface area contributed by atoms with E-state index in [-0.39, 0.29) is 37.3 Å². The normalized spacial score (nSPS) is 17.5. The lowest BCUT2D eigenvalue weighted by Crippen LogP contribution is -2.56. The van der Waals surface area contributed by atoms with Crippen molar-refractivity contribution in [3.8, 4) is 0 Å². The van der Waals surface area contributed by atoms with Crippen LogP contribution in [0, 0.1) is 0 Å². The average Bonchev–Trinajstić information content (AvgIpc) is 3.36. The predicted octanol–water partition coefficient (Wildman–Crippen LogP) is -1.41. The van der Waals surface area contributed by atoms with Gasteiger partial charge >= 0.3 is 5.97 Å². The summed E-state index contributed by atoms with van der Waals surface area (Å²) in [5.74, 6) is -2.76. The highest BCUT2D eigenvalue weighted by Gasteiger charge is 2.29. The van der Waals surface area contributed by atoms with E-state index < -0.39 is 35.9 Å². The van der Waals surface area contributed by atoms with E-state index in [2.05, 4.69) is 26.3 Å². The van der Waals surface area contributed by atoms with Crippen LogP contribution in [-0.2, 0) is 25.6 Å². The van der Waals surface area contributed by atoms with Crippen LogP contribution in [-0.4, -0.2) is 72.0 Å². The van der Waals surface area contributed by atoms with Crippen molar-refractivity contribution in [1.29, 1.82) is 0 Å². The molecule has 0 radical (unpaired) electrons. The number of hydrogen-bond donors (Lipinski definition) is 7. The van der Waals surface area contributed by atoms with Gasteiger partial charge < -0.3 is 37.8 Å². The summed E-state index contributed by atoms with van der Waals surface area (Å²) in [7, 11) is 0. The number of aliphatic carboxylic acids is 1. The van der Waals surface area contributed by atoms with Gasteiger partial charge in [-0.05, 0) is 44.7 Å². The first-order chi connectivity index (χ1) is 16.7. The highest BCUT2D eigenvalue weighted by atomic mass is 16.4. The summed E-state index contributed by atoms with van der Waals surface area (Å²) in [4.78, 5) is 53.6. The molecule has 0 aromatic heterocycles. The number of nitrogens with one attached hydrogen (secondary N) is 4. The van der Waals surface area contributed by atoms with Gasteiger partial charge in [0.25, 0.3) is 0 Å². The zero-order valence-corrected chi connectivity index (χ0v) is 19.8. The molecule has 1 saturated heterocycles. The maximum absolute atomic E-state index is 12.9. The molecule has 12 nitrogen and oxygen atoms in total. The first-order valence-corrected chi connectivity index (χ1v) is 11.6. The second-order valence-electron chi connectivity index (χ2n) is 8.48. The molecule has 1 aromatic rings. The van der Waals surface area contributed by atoms with Gasteiger partial charge in [-0.3, -0.25) is 19.4 Å². The van der Waals surface area contributed by atoms with E-state index >= 15 is 0 Å². The number of carboxylic acids is 1. The van der Waals surface area contributed by atoms with Crippen molar-refractivity contribution in [3.63, 3.8) is 0 Å². The smallest absolute Gasteiger partial charge is 0.326 e. The molecule has 1 heterocycles. The summed E-state index contributed by atoms with van der Waals surface area (Å²) in [5, 5.41) is 20.4. The SMILES string of the molecule is CC(NC(=O)C(CCCN=C(N)N)NC(=O)C1CCCN1)C(=O)NC(Cc1ccccc1)C(=O)O. The number of nitrogens with zero attached hydrogens (tertiary/aromatic N) is 1. The fraction of sp³-hybridized carbons (Fsp3) is 0.522. The number of aliphatic imine (C=N–C) groups is 1. The number of nitrogens with two attached hydrogens (primary N) is 2. The van der Waals surface area contributed by atoms with Gasteiger partial charge in [0.2, 0.25) is 17.7 Å². The molecule has 12 heteroatoms. The van der Waals surface area contributed by atoms with Crippen LogP contribution >= 0.6 is 0 Å². The summed E-state index contributed by atoms with van der Waals surface area (Å²) in [6.45, 7) is 2.45. The molecule has 1 fully saturated rings. The third-order valence-electron chi connectivity index (χ3n) is 5.60. The van der Waals surface area contributed by atoms with Crippen molar-refractivity contribution >= 4 is 29.7 Å². The average molecular weight is 490 g/mol. The molecule has 192 valence electrons. The Morgan fingerprint density at radius 1 is 1.09 bits per heavy atom. The molecule has 2 rings (SSSR count). The first-order valence-electron chi connectivity index (χ1n) is 11.6. The van der Waals surface area contributed by atoms with Crippen LogP contribution < -0.4 is 32.7 Å². The van der Waals surface area contributed by atoms with Crippen LogP contribution in [0.25, 0.3) is 0 Å². The Bertz CT molecular complexity index is 899. The maximum Gasteiger partial charge on any atom is 0.326 e. The Morgan fingerprint density at radius 3 is 2.40 bits per heavy atom. The molecule has 1 aliphatic rings. The van der Waals surface area contributed by atoms with Crippen molar-refractivity contribution in [3.05, 3.63) is 35.9 Å². The molecule has 9 N–H and O–H groups in total. The highest BCUT2D eigenvalue weighted by Crippen LogP contribution is 2.08. The van der Waals surface area contributed by atoms with Crippen LogP contribution in [0.15, 0.2) is 35.3 Å². The number of carbonyl (C=O) groups is 4. The zero-order chi connectivity index (χ0) is 25.8. The van der Waals surface area contributed by atoms with Crippen molar-refractivity contribution in [2.24, 2.45) is 16.5 Å². The molecule has 1 aliphatic heterocycles. The van der Waals surface area contributed by atoms with Crippen LogP contribution in [0.2, 0.25) is 0 Å². The number of carboxylic acid groups (broad SMARTS) is 1. The van der Waals surface area contributed by atoms with Gasteiger partial charge in [0.15, 0.2) is 5.96 Å². The second-order valence-corrected chi connectivity index (χ2v) is 8.48. The molecule has 35 heavy (non-hydrogen) atoms. The van der Waals surface area contributed by atoms with Gasteiger partial charge in [-0.2, -0.15) is 0 Å². The van der Waals surface area contributed by atoms with E-state index in [9.17, 15) is 24.3 Å². The molecular weight excluding hydrogens is 454 g/mol. The topological polar surface area (TPSA) is 201 Å². The van der Waals surface area contributed by atoms with E-state index in [0.29, 0.717) is 12.8 Å². The van der Waals surface area contributed by atoms with Crippen LogP contribution in [0.1, 0.15) is 38.2 Å². The minimum Gasteiger partial charge on any atom is -0.480 e. The van der Waals surface area contributed by atoms with E-state index in [1.165, 1.54) is 6.92 Å². The Balaban J connectivity index is 1.97. The van der Waals surface area contributed by atoms with Crippen LogP contribution in [0.4, 0.5) is 0 Å². The minimum absolute atomic E-state index is 0.0704. The van der Waals surface area contributed by atoms with Crippen molar-refractivity contribution in [2.45, 2.75) is 63.2 Å². The molecule has 0 aliphatic carbocycles. The number of rotatable bonds is 13. The van der Waals surface area contributed by atoms with Crippen molar-refractivity contribution < 1.29 is 24.3 Å². The molecular formula is C23H35N7O5. The van der Waals surface area contributed by atoms with Crippen molar-refractivity contribution in [1.82, 2.24) is 21.3 Å². The van der Waals surface area contributed by atoms with Gasteiger partial charge in [0.05, 0.1) is 6.04 Å². The Labute approximate surface area is 204 Å². The second kappa shape index (κ2) is 13.9. The molecule has 0 saturated carbocycles. The lowest BCUT2D eigenvalue weighted by Gasteiger charge is -2.23. The summed E-state index contributed by atoms with van der Waals surface area (Å²) >= 11 is 0. The number of amides is 3. The fourth-order valence-corrected chi connectivity index (χ4v) is 3.68. The molecule has 4 atom stereocenters. The lowest BCUT2D eigenvalue weighted by atomic mass is 10.1. The van der Waals surface area contributed by atoms with E-state index in [1.807, 2.05) is 6.07 Å². The molecule has 0 bridgehead atoms. The molecule has 4 unspecified atom stereocenters. The van der Waals surface area contributed by atoms with E-state index in [4.69, 9.17) is 11.5 Å². The largest absolute Gasteiger partial charge is 0.480 e. The molecule has 1 aromatic carbocycles. The number of hydrogen-bond acceptors (Lipinski definition) is 6.